The molecule has 0 atom stereocenters. The number of para-hydroxylation sites is 1. The zero-order chi connectivity index (χ0) is 9.97. The van der Waals surface area contributed by atoms with Crippen molar-refractivity contribution in [3.05, 3.63) is 54.1 Å². The highest BCUT2D eigenvalue weighted by molar-refractivity contribution is 5.56. The van der Waals surface area contributed by atoms with E-state index in [1.807, 2.05) is 6.08 Å². The van der Waals surface area contributed by atoms with Gasteiger partial charge in [-0.15, -0.1) is 0 Å². The Hall–Kier alpha value is -1.50. The zero-order valence-corrected chi connectivity index (χ0v) is 8.53. The van der Waals surface area contributed by atoms with Crippen molar-refractivity contribution in [3.8, 4) is 0 Å². The highest BCUT2D eigenvalue weighted by Gasteiger charge is 2.10. The second kappa shape index (κ2) is 3.70. The molecule has 0 radical (unpaired) electrons. The molecule has 1 nitrogen and oxygen atoms in total. The molecule has 0 aromatic heterocycles. The second-order valence-corrected chi connectivity index (χ2v) is 3.67. The number of anilines is 1. The number of allylic oxidation sites excluding steroid dienone is 1. The maximum Gasteiger partial charge on any atom is 0.0423 e. The van der Waals surface area contributed by atoms with Crippen molar-refractivity contribution in [2.75, 3.05) is 18.5 Å². The van der Waals surface area contributed by atoms with Crippen LogP contribution < -0.4 is 4.90 Å². The van der Waals surface area contributed by atoms with Crippen molar-refractivity contribution < 1.29 is 0 Å². The van der Waals surface area contributed by atoms with Crippen LogP contribution in [0, 0.1) is 0 Å². The first-order valence-corrected chi connectivity index (χ1v) is 4.92. The van der Waals surface area contributed by atoms with Crippen LogP contribution in [-0.2, 0) is 6.42 Å². The van der Waals surface area contributed by atoms with Gasteiger partial charge in [-0.1, -0.05) is 36.9 Å². The molecule has 0 aliphatic carbocycles. The average molecular weight is 185 g/mol. The van der Waals surface area contributed by atoms with Gasteiger partial charge in [0, 0.05) is 19.3 Å². The number of hydrogen-bond donors (Lipinski definition) is 0. The van der Waals surface area contributed by atoms with E-state index in [-0.39, 0.29) is 0 Å². The molecule has 2 rings (SSSR count). The van der Waals surface area contributed by atoms with Crippen molar-refractivity contribution in [1.29, 1.82) is 0 Å². The summed E-state index contributed by atoms with van der Waals surface area (Å²) >= 11 is 0. The first kappa shape index (κ1) is 9.07. The Kier molecular flexibility index (Phi) is 2.40. The van der Waals surface area contributed by atoms with Gasteiger partial charge in [0.2, 0.25) is 0 Å². The van der Waals surface area contributed by atoms with Crippen LogP contribution in [0.2, 0.25) is 0 Å². The molecule has 1 aromatic carbocycles. The lowest BCUT2D eigenvalue weighted by Gasteiger charge is -2.19. The predicted molar refractivity (Wildman–Crippen MR) is 61.7 cm³/mol. The number of fused-ring (bicyclic) bond motifs is 1. The molecule has 14 heavy (non-hydrogen) atoms. The largest absolute Gasteiger partial charge is 0.370 e. The maximum absolute atomic E-state index is 3.83. The van der Waals surface area contributed by atoms with Crippen LogP contribution in [0.4, 0.5) is 5.69 Å². The Bertz CT molecular complexity index is 377. The molecule has 0 saturated heterocycles. The van der Waals surface area contributed by atoms with Gasteiger partial charge >= 0.3 is 0 Å². The minimum atomic E-state index is 0.959. The van der Waals surface area contributed by atoms with Crippen LogP contribution >= 0.6 is 0 Å². The van der Waals surface area contributed by atoms with Gasteiger partial charge in [-0.2, -0.15) is 0 Å². The first-order valence-electron chi connectivity index (χ1n) is 4.92. The quantitative estimate of drug-likeness (QED) is 0.650. The fraction of sp³-hybridized carbons (Fsp3) is 0.231. The number of rotatable bonds is 1. The molecule has 1 aliphatic heterocycles. The van der Waals surface area contributed by atoms with Crippen LogP contribution in [0.3, 0.4) is 0 Å². The second-order valence-electron chi connectivity index (χ2n) is 3.67. The Morgan fingerprint density at radius 3 is 2.93 bits per heavy atom. The van der Waals surface area contributed by atoms with Crippen LogP contribution in [-0.4, -0.2) is 13.6 Å². The number of likely N-dealkylation sites (N-methyl/N-ethyl adjacent to an activating group) is 1. The van der Waals surface area contributed by atoms with Crippen molar-refractivity contribution in [1.82, 2.24) is 0 Å². The number of benzene rings is 1. The third-order valence-corrected chi connectivity index (χ3v) is 2.67. The molecule has 1 heteroatoms. The smallest absolute Gasteiger partial charge is 0.0423 e. The highest BCUT2D eigenvalue weighted by atomic mass is 15.1. The van der Waals surface area contributed by atoms with Gasteiger partial charge < -0.3 is 4.90 Å². The van der Waals surface area contributed by atoms with Gasteiger partial charge in [0.1, 0.15) is 0 Å². The van der Waals surface area contributed by atoms with Crippen molar-refractivity contribution in [2.24, 2.45) is 0 Å². The molecule has 72 valence electrons. The standard InChI is InChI=1S/C13H15N/c1-3-11-8-9-12-6-4-5-7-13(12)14(2)10-11/h3-8H,1,9-10H2,2H3. The van der Waals surface area contributed by atoms with E-state index in [4.69, 9.17) is 0 Å². The maximum atomic E-state index is 3.83. The SMILES string of the molecule is C=CC1=CCc2ccccc2N(C)C1. The molecular formula is C13H15N. The topological polar surface area (TPSA) is 3.24 Å². The summed E-state index contributed by atoms with van der Waals surface area (Å²) in [6.45, 7) is 4.79. The summed E-state index contributed by atoms with van der Waals surface area (Å²) in [6, 6.07) is 8.55. The van der Waals surface area contributed by atoms with Gasteiger partial charge in [-0.05, 0) is 23.6 Å². The fourth-order valence-electron chi connectivity index (χ4n) is 1.87. The van der Waals surface area contributed by atoms with Crippen LogP contribution in [0.1, 0.15) is 5.56 Å². The summed E-state index contributed by atoms with van der Waals surface area (Å²) in [5.41, 5.74) is 4.04. The summed E-state index contributed by atoms with van der Waals surface area (Å²) in [6.07, 6.45) is 5.22. The predicted octanol–water partition coefficient (Wildman–Crippen LogP) is 2.79. The molecule has 0 spiro atoms. The van der Waals surface area contributed by atoms with E-state index >= 15 is 0 Å². The molecule has 1 aliphatic rings. The molecule has 1 aromatic rings. The van der Waals surface area contributed by atoms with Crippen LogP contribution in [0.25, 0.3) is 0 Å². The van der Waals surface area contributed by atoms with Crippen molar-refractivity contribution in [2.45, 2.75) is 6.42 Å². The van der Waals surface area contributed by atoms with E-state index in [9.17, 15) is 0 Å². The molecule has 0 fully saturated rings. The van der Waals surface area contributed by atoms with E-state index in [0.717, 1.165) is 13.0 Å². The third kappa shape index (κ3) is 1.58. The highest BCUT2D eigenvalue weighted by Crippen LogP contribution is 2.24. The Balaban J connectivity index is 2.40. The zero-order valence-electron chi connectivity index (χ0n) is 8.53. The van der Waals surface area contributed by atoms with E-state index in [1.165, 1.54) is 16.8 Å². The van der Waals surface area contributed by atoms with E-state index in [0.29, 0.717) is 0 Å². The minimum absolute atomic E-state index is 0.959. The average Bonchev–Trinajstić information content (AvgIpc) is 2.39. The lowest BCUT2D eigenvalue weighted by molar-refractivity contribution is 1.01. The molecule has 1 heterocycles. The van der Waals surface area contributed by atoms with E-state index in [2.05, 4.69) is 48.9 Å². The summed E-state index contributed by atoms with van der Waals surface area (Å²) in [5, 5.41) is 0. The van der Waals surface area contributed by atoms with Crippen LogP contribution in [0.5, 0.6) is 0 Å². The number of nitrogens with zero attached hydrogens (tertiary/aromatic N) is 1. The van der Waals surface area contributed by atoms with Gasteiger partial charge in [0.15, 0.2) is 0 Å². The number of hydrogen-bond acceptors (Lipinski definition) is 1. The van der Waals surface area contributed by atoms with Gasteiger partial charge in [-0.25, -0.2) is 0 Å². The molecular weight excluding hydrogens is 170 g/mol. The molecule has 0 N–H and O–H groups in total. The molecule has 0 saturated carbocycles. The monoisotopic (exact) mass is 185 g/mol. The fourth-order valence-corrected chi connectivity index (χ4v) is 1.87. The Labute approximate surface area is 85.4 Å². The summed E-state index contributed by atoms with van der Waals surface area (Å²) in [4.78, 5) is 2.27. The summed E-state index contributed by atoms with van der Waals surface area (Å²) < 4.78 is 0. The van der Waals surface area contributed by atoms with Crippen molar-refractivity contribution >= 4 is 5.69 Å². The van der Waals surface area contributed by atoms with Crippen molar-refractivity contribution in [3.63, 3.8) is 0 Å². The normalized spacial score (nSPS) is 15.5. The van der Waals surface area contributed by atoms with E-state index < -0.39 is 0 Å². The first-order chi connectivity index (χ1) is 6.81. The van der Waals surface area contributed by atoms with Crippen LogP contribution in [0.15, 0.2) is 48.6 Å². The molecule has 0 unspecified atom stereocenters. The van der Waals surface area contributed by atoms with Gasteiger partial charge in [0.05, 0.1) is 0 Å². The lowest BCUT2D eigenvalue weighted by atomic mass is 10.1. The summed E-state index contributed by atoms with van der Waals surface area (Å²) in [5.74, 6) is 0. The molecule has 0 bridgehead atoms. The van der Waals surface area contributed by atoms with Gasteiger partial charge in [-0.3, -0.25) is 0 Å². The minimum Gasteiger partial charge on any atom is -0.370 e. The van der Waals surface area contributed by atoms with E-state index in [1.54, 1.807) is 0 Å². The Morgan fingerprint density at radius 2 is 2.14 bits per heavy atom. The van der Waals surface area contributed by atoms with Gasteiger partial charge in [0.25, 0.3) is 0 Å². The Morgan fingerprint density at radius 1 is 1.36 bits per heavy atom. The lowest BCUT2D eigenvalue weighted by Crippen LogP contribution is -2.19. The third-order valence-electron chi connectivity index (χ3n) is 2.67. The summed E-state index contributed by atoms with van der Waals surface area (Å²) in [7, 11) is 2.13. The molecule has 0 amide bonds.